The van der Waals surface area contributed by atoms with Crippen molar-refractivity contribution in [3.8, 4) is 5.75 Å². The number of nitrogens with zero attached hydrogens (tertiary/aromatic N) is 1. The summed E-state index contributed by atoms with van der Waals surface area (Å²) in [7, 11) is 0. The molecular formula is C12H17BrN2O. The van der Waals surface area contributed by atoms with Gasteiger partial charge in [-0.05, 0) is 25.1 Å². The summed E-state index contributed by atoms with van der Waals surface area (Å²) in [5, 5.41) is 13.2. The van der Waals surface area contributed by atoms with Crippen molar-refractivity contribution >= 4 is 15.9 Å². The van der Waals surface area contributed by atoms with Crippen LogP contribution in [0.4, 0.5) is 0 Å². The maximum atomic E-state index is 9.77. The molecule has 0 radical (unpaired) electrons. The number of hydrogen-bond donors (Lipinski definition) is 2. The minimum Gasteiger partial charge on any atom is -0.508 e. The highest BCUT2D eigenvalue weighted by molar-refractivity contribution is 9.10. The Morgan fingerprint density at radius 3 is 3.12 bits per heavy atom. The summed E-state index contributed by atoms with van der Waals surface area (Å²) in [6.07, 6.45) is 0. The molecule has 2 rings (SSSR count). The number of phenolic OH excluding ortho intramolecular Hbond substituents is 1. The molecular weight excluding hydrogens is 268 g/mol. The Labute approximate surface area is 105 Å². The molecule has 3 nitrogen and oxygen atoms in total. The van der Waals surface area contributed by atoms with Crippen LogP contribution in [0.5, 0.6) is 5.75 Å². The van der Waals surface area contributed by atoms with E-state index in [2.05, 4.69) is 33.1 Å². The zero-order valence-electron chi connectivity index (χ0n) is 9.41. The van der Waals surface area contributed by atoms with Gasteiger partial charge in [0.2, 0.25) is 0 Å². The highest BCUT2D eigenvalue weighted by Gasteiger charge is 2.16. The lowest BCUT2D eigenvalue weighted by molar-refractivity contribution is 0.198. The maximum Gasteiger partial charge on any atom is 0.120 e. The fraction of sp³-hybridized carbons (Fsp3) is 0.500. The van der Waals surface area contributed by atoms with Gasteiger partial charge in [0.1, 0.15) is 5.75 Å². The van der Waals surface area contributed by atoms with Gasteiger partial charge in [-0.2, -0.15) is 0 Å². The van der Waals surface area contributed by atoms with Gasteiger partial charge >= 0.3 is 0 Å². The minimum atomic E-state index is 0.384. The van der Waals surface area contributed by atoms with Crippen LogP contribution < -0.4 is 5.32 Å². The number of nitrogens with one attached hydrogen (secondary N) is 1. The number of aromatic hydroxyl groups is 1. The first kappa shape index (κ1) is 11.9. The van der Waals surface area contributed by atoms with E-state index < -0.39 is 0 Å². The molecule has 2 N–H and O–H groups in total. The Hall–Kier alpha value is -0.580. The Balaban J connectivity index is 2.05. The van der Waals surface area contributed by atoms with E-state index in [1.165, 1.54) is 0 Å². The van der Waals surface area contributed by atoms with Crippen LogP contribution in [0.3, 0.4) is 0 Å². The second kappa shape index (κ2) is 5.17. The third-order valence-electron chi connectivity index (χ3n) is 2.89. The van der Waals surface area contributed by atoms with Crippen LogP contribution >= 0.6 is 15.9 Å². The van der Waals surface area contributed by atoms with Crippen molar-refractivity contribution in [2.75, 3.05) is 19.6 Å². The number of hydrogen-bond acceptors (Lipinski definition) is 3. The SMILES string of the molecule is C[C@H]1CN(Cc2cc(Br)ccc2O)CCN1. The van der Waals surface area contributed by atoms with Gasteiger partial charge in [0, 0.05) is 42.3 Å². The second-order valence-corrected chi connectivity index (χ2v) is 5.28. The summed E-state index contributed by atoms with van der Waals surface area (Å²) >= 11 is 3.43. The van der Waals surface area contributed by atoms with Crippen LogP contribution in [0, 0.1) is 0 Å². The van der Waals surface area contributed by atoms with Gasteiger partial charge in [0.05, 0.1) is 0 Å². The number of rotatable bonds is 2. The van der Waals surface area contributed by atoms with Gasteiger partial charge in [-0.1, -0.05) is 15.9 Å². The van der Waals surface area contributed by atoms with E-state index in [1.54, 1.807) is 6.07 Å². The lowest BCUT2D eigenvalue weighted by atomic mass is 10.1. The van der Waals surface area contributed by atoms with Gasteiger partial charge in [0.15, 0.2) is 0 Å². The van der Waals surface area contributed by atoms with Crippen LogP contribution in [0.1, 0.15) is 12.5 Å². The Morgan fingerprint density at radius 2 is 2.38 bits per heavy atom. The van der Waals surface area contributed by atoms with Crippen LogP contribution in [0.2, 0.25) is 0 Å². The first-order chi connectivity index (χ1) is 7.65. The zero-order valence-corrected chi connectivity index (χ0v) is 11.0. The fourth-order valence-corrected chi connectivity index (χ4v) is 2.49. The summed E-state index contributed by atoms with van der Waals surface area (Å²) in [6.45, 7) is 6.10. The van der Waals surface area contributed by atoms with E-state index in [1.807, 2.05) is 12.1 Å². The predicted octanol–water partition coefficient (Wildman–Crippen LogP) is 1.95. The van der Waals surface area contributed by atoms with Crippen molar-refractivity contribution in [2.45, 2.75) is 19.5 Å². The van der Waals surface area contributed by atoms with E-state index in [4.69, 9.17) is 0 Å². The van der Waals surface area contributed by atoms with Gasteiger partial charge in [-0.3, -0.25) is 4.90 Å². The molecule has 0 bridgehead atoms. The van der Waals surface area contributed by atoms with E-state index in [-0.39, 0.29) is 0 Å². The zero-order chi connectivity index (χ0) is 11.5. The molecule has 1 aromatic rings. The number of piperazine rings is 1. The summed E-state index contributed by atoms with van der Waals surface area (Å²) in [4.78, 5) is 2.36. The first-order valence-corrected chi connectivity index (χ1v) is 6.37. The molecule has 1 saturated heterocycles. The summed E-state index contributed by atoms with van der Waals surface area (Å²) in [5.74, 6) is 0.384. The molecule has 1 fully saturated rings. The lowest BCUT2D eigenvalue weighted by Gasteiger charge is -2.31. The average Bonchev–Trinajstić information content (AvgIpc) is 2.24. The summed E-state index contributed by atoms with van der Waals surface area (Å²) in [6, 6.07) is 6.12. The summed E-state index contributed by atoms with van der Waals surface area (Å²) in [5.41, 5.74) is 0.989. The third-order valence-corrected chi connectivity index (χ3v) is 3.38. The molecule has 0 amide bonds. The smallest absolute Gasteiger partial charge is 0.120 e. The normalized spacial score (nSPS) is 22.2. The molecule has 88 valence electrons. The Morgan fingerprint density at radius 1 is 1.56 bits per heavy atom. The molecule has 16 heavy (non-hydrogen) atoms. The fourth-order valence-electron chi connectivity index (χ4n) is 2.08. The molecule has 0 unspecified atom stereocenters. The Bertz CT molecular complexity index is 370. The quantitative estimate of drug-likeness (QED) is 0.872. The van der Waals surface area contributed by atoms with Gasteiger partial charge < -0.3 is 10.4 Å². The molecule has 1 atom stereocenters. The molecule has 1 aromatic carbocycles. The third kappa shape index (κ3) is 2.97. The molecule has 0 spiro atoms. The average molecular weight is 285 g/mol. The maximum absolute atomic E-state index is 9.77. The largest absolute Gasteiger partial charge is 0.508 e. The van der Waals surface area contributed by atoms with Crippen molar-refractivity contribution in [3.05, 3.63) is 28.2 Å². The first-order valence-electron chi connectivity index (χ1n) is 5.58. The van der Waals surface area contributed by atoms with Crippen molar-refractivity contribution in [1.82, 2.24) is 10.2 Å². The van der Waals surface area contributed by atoms with E-state index in [0.29, 0.717) is 11.8 Å². The van der Waals surface area contributed by atoms with Crippen molar-refractivity contribution in [2.24, 2.45) is 0 Å². The topological polar surface area (TPSA) is 35.5 Å². The highest BCUT2D eigenvalue weighted by Crippen LogP contribution is 2.23. The van der Waals surface area contributed by atoms with Crippen molar-refractivity contribution in [1.29, 1.82) is 0 Å². The van der Waals surface area contributed by atoms with Crippen LogP contribution in [-0.2, 0) is 6.54 Å². The Kier molecular flexibility index (Phi) is 3.84. The number of phenols is 1. The molecule has 0 aliphatic carbocycles. The molecule has 4 heteroatoms. The number of benzene rings is 1. The monoisotopic (exact) mass is 284 g/mol. The van der Waals surface area contributed by atoms with E-state index >= 15 is 0 Å². The second-order valence-electron chi connectivity index (χ2n) is 4.36. The molecule has 1 aliphatic rings. The number of halogens is 1. The van der Waals surface area contributed by atoms with Crippen molar-refractivity contribution < 1.29 is 5.11 Å². The van der Waals surface area contributed by atoms with Gasteiger partial charge in [0.25, 0.3) is 0 Å². The standard InChI is InChI=1S/C12H17BrN2O/c1-9-7-15(5-4-14-9)8-10-6-11(13)2-3-12(10)16/h2-3,6,9,14,16H,4-5,7-8H2,1H3/t9-/m0/s1. The van der Waals surface area contributed by atoms with E-state index in [0.717, 1.165) is 36.2 Å². The predicted molar refractivity (Wildman–Crippen MR) is 68.5 cm³/mol. The highest BCUT2D eigenvalue weighted by atomic mass is 79.9. The van der Waals surface area contributed by atoms with Crippen LogP contribution in [0.25, 0.3) is 0 Å². The van der Waals surface area contributed by atoms with Gasteiger partial charge in [-0.15, -0.1) is 0 Å². The van der Waals surface area contributed by atoms with E-state index in [9.17, 15) is 5.11 Å². The molecule has 0 aromatic heterocycles. The molecule has 0 saturated carbocycles. The molecule has 1 aliphatic heterocycles. The summed E-state index contributed by atoms with van der Waals surface area (Å²) < 4.78 is 1.02. The van der Waals surface area contributed by atoms with Gasteiger partial charge in [-0.25, -0.2) is 0 Å². The van der Waals surface area contributed by atoms with Crippen LogP contribution in [-0.4, -0.2) is 35.7 Å². The lowest BCUT2D eigenvalue weighted by Crippen LogP contribution is -2.48. The van der Waals surface area contributed by atoms with Crippen LogP contribution in [0.15, 0.2) is 22.7 Å². The molecule has 1 heterocycles. The van der Waals surface area contributed by atoms with Crippen molar-refractivity contribution in [3.63, 3.8) is 0 Å². The minimum absolute atomic E-state index is 0.384.